The minimum atomic E-state index is -4.95. The minimum absolute atomic E-state index is 0.0937. The zero-order valence-corrected chi connectivity index (χ0v) is 83.6. The molecule has 0 radical (unpaired) electrons. The lowest BCUT2D eigenvalue weighted by molar-refractivity contribution is -0.161. The Morgan fingerprint density at radius 3 is 0.651 bits per heavy atom. The molecule has 738 valence electrons. The number of phosphoric ester groups is 2. The largest absolute Gasteiger partial charge is 0.472 e. The van der Waals surface area contributed by atoms with E-state index >= 15 is 0 Å². The fourth-order valence-corrected chi connectivity index (χ4v) is 15.6. The molecule has 0 rings (SSSR count). The lowest BCUT2D eigenvalue weighted by Gasteiger charge is -2.21. The van der Waals surface area contributed by atoms with Crippen LogP contribution in [-0.2, 0) is 55.8 Å². The van der Waals surface area contributed by atoms with Crippen LogP contribution in [0, 0.1) is 0 Å². The van der Waals surface area contributed by atoms with Crippen LogP contribution in [0.15, 0.2) is 194 Å². The van der Waals surface area contributed by atoms with Gasteiger partial charge in [-0.3, -0.25) is 32.5 Å². The molecule has 0 aliphatic rings. The molecule has 0 spiro atoms. The number of carbonyl (C=O) groups is 3. The lowest BCUT2D eigenvalue weighted by Crippen LogP contribution is -2.30. The predicted molar refractivity (Wildman–Crippen MR) is 546 cm³/mol. The molecular formula is C111H188O16P2. The number of phosphoric acid groups is 2. The van der Waals surface area contributed by atoms with Crippen molar-refractivity contribution in [1.29, 1.82) is 0 Å². The van der Waals surface area contributed by atoms with Gasteiger partial charge in [0.15, 0.2) is 6.10 Å². The van der Waals surface area contributed by atoms with Crippen LogP contribution in [0.5, 0.6) is 0 Å². The van der Waals surface area contributed by atoms with Crippen molar-refractivity contribution in [2.24, 2.45) is 0 Å². The molecule has 0 aromatic heterocycles. The van der Waals surface area contributed by atoms with Crippen LogP contribution < -0.4 is 0 Å². The van der Waals surface area contributed by atoms with Crippen molar-refractivity contribution in [1.82, 2.24) is 0 Å². The molecule has 16 nitrogen and oxygen atoms in total. The first kappa shape index (κ1) is 123. The molecule has 0 bridgehead atoms. The average Bonchev–Trinajstić information content (AvgIpc) is 0.895. The van der Waals surface area contributed by atoms with Gasteiger partial charge in [-0.25, -0.2) is 9.13 Å². The van der Waals surface area contributed by atoms with Crippen molar-refractivity contribution >= 4 is 33.6 Å². The van der Waals surface area contributed by atoms with Gasteiger partial charge in [-0.2, -0.15) is 0 Å². The molecule has 4 N–H and O–H groups in total. The molecule has 5 atom stereocenters. The maximum atomic E-state index is 13.1. The van der Waals surface area contributed by atoms with Crippen molar-refractivity contribution in [2.75, 3.05) is 39.6 Å². The third-order valence-corrected chi connectivity index (χ3v) is 23.7. The van der Waals surface area contributed by atoms with E-state index in [0.717, 1.165) is 180 Å². The fraction of sp³-hybridized carbons (Fsp3) is 0.685. The summed E-state index contributed by atoms with van der Waals surface area (Å²) >= 11 is 0. The van der Waals surface area contributed by atoms with Crippen LogP contribution in [-0.4, -0.2) is 95.9 Å². The summed E-state index contributed by atoms with van der Waals surface area (Å²) in [6.07, 6.45) is 136. The van der Waals surface area contributed by atoms with Gasteiger partial charge in [-0.15, -0.1) is 0 Å². The zero-order valence-electron chi connectivity index (χ0n) is 81.8. The minimum Gasteiger partial charge on any atom is -0.463 e. The zero-order chi connectivity index (χ0) is 93.5. The van der Waals surface area contributed by atoms with Gasteiger partial charge in [0.2, 0.25) is 0 Å². The van der Waals surface area contributed by atoms with E-state index in [1.165, 1.54) is 193 Å². The Morgan fingerprint density at radius 1 is 0.225 bits per heavy atom. The third kappa shape index (κ3) is 103. The molecule has 0 aliphatic carbocycles. The van der Waals surface area contributed by atoms with Crippen LogP contribution in [0.4, 0.5) is 0 Å². The van der Waals surface area contributed by atoms with Gasteiger partial charge < -0.3 is 34.2 Å². The highest BCUT2D eigenvalue weighted by molar-refractivity contribution is 7.47. The average molecular weight is 1840 g/mol. The second-order valence-electron chi connectivity index (χ2n) is 34.2. The molecule has 0 saturated carbocycles. The Hall–Kier alpha value is -5.61. The van der Waals surface area contributed by atoms with Gasteiger partial charge in [-0.05, 0) is 167 Å². The Labute approximate surface area is 788 Å². The summed E-state index contributed by atoms with van der Waals surface area (Å²) in [6.45, 7) is 2.48. The summed E-state index contributed by atoms with van der Waals surface area (Å²) in [4.78, 5) is 59.2. The lowest BCUT2D eigenvalue weighted by atomic mass is 10.0. The van der Waals surface area contributed by atoms with Crippen molar-refractivity contribution in [2.45, 2.75) is 450 Å². The van der Waals surface area contributed by atoms with Crippen LogP contribution in [0.3, 0.4) is 0 Å². The number of ether oxygens (including phenoxy) is 3. The Morgan fingerprint density at radius 2 is 0.411 bits per heavy atom. The molecule has 0 aromatic rings. The van der Waals surface area contributed by atoms with Crippen LogP contribution in [0.25, 0.3) is 0 Å². The van der Waals surface area contributed by atoms with Gasteiger partial charge in [0, 0.05) is 19.3 Å². The Balaban J connectivity index is 4.59. The van der Waals surface area contributed by atoms with Gasteiger partial charge in [0.1, 0.15) is 25.4 Å². The standard InChI is InChI=1S/C111H188O16P2/c1-4-7-10-13-16-19-22-25-28-31-34-37-40-43-45-47-49-51-52-54-56-57-59-62-64-67-70-73-76-79-82-85-88-91-94-97-109(114)121-100-106(112)101-123-128(117,118)124-102-107(113)103-125-129(119,120)126-105-108(127-111(116)99-96-93-90-87-84-81-78-75-72-69-66-61-42-39-36-33-30-27-24-21-18-15-12-9-6-3)104-122-110(115)98-95-92-89-86-83-80-77-74-71-68-65-63-60-58-55-53-50-48-46-44-41-38-35-32-29-26-23-20-17-14-11-8-5-2/h7-8,10-11,16-21,25-30,34-39,43-46,49-51,53,61,66,106-108,112-113H,4-6,9,12-15,22-24,31-33,40-42,47-48,52,54-60,62-65,67-105H2,1-3H3,(H,117,118)(H,119,120)/b10-7-,11-8-,19-16-,20-17-,21-18-,28-25-,29-26-,30-27-,37-34-,38-35-,39-36-,45-43-,46-44-,51-49-,53-50-,66-61-. The van der Waals surface area contributed by atoms with Crippen LogP contribution in [0.1, 0.15) is 432 Å². The number of hydrogen-bond donors (Lipinski definition) is 4. The third-order valence-electron chi connectivity index (χ3n) is 21.8. The normalized spacial score (nSPS) is 14.4. The summed E-state index contributed by atoms with van der Waals surface area (Å²) in [5, 5.41) is 20.8. The van der Waals surface area contributed by atoms with Gasteiger partial charge in [-0.1, -0.05) is 440 Å². The van der Waals surface area contributed by atoms with E-state index in [1.807, 2.05) is 0 Å². The molecule has 0 fully saturated rings. The number of hydrogen-bond acceptors (Lipinski definition) is 14. The number of aliphatic hydroxyl groups excluding tert-OH is 2. The maximum absolute atomic E-state index is 13.1. The molecule has 0 heterocycles. The first-order valence-electron chi connectivity index (χ1n) is 51.7. The Kier molecular flexibility index (Phi) is 97.0. The smallest absolute Gasteiger partial charge is 0.463 e. The monoisotopic (exact) mass is 1840 g/mol. The number of aliphatic hydroxyl groups is 2. The molecular weight excluding hydrogens is 1650 g/mol. The highest BCUT2D eigenvalue weighted by atomic mass is 31.2. The van der Waals surface area contributed by atoms with E-state index in [4.69, 9.17) is 32.3 Å². The summed E-state index contributed by atoms with van der Waals surface area (Å²) < 4.78 is 61.7. The number of unbranched alkanes of at least 4 members (excludes halogenated alkanes) is 42. The van der Waals surface area contributed by atoms with E-state index in [2.05, 4.69) is 215 Å². The summed E-state index contributed by atoms with van der Waals surface area (Å²) in [7, 11) is -9.82. The van der Waals surface area contributed by atoms with Gasteiger partial charge in [0.05, 0.1) is 26.4 Å². The molecule has 129 heavy (non-hydrogen) atoms. The molecule has 0 aliphatic heterocycles. The van der Waals surface area contributed by atoms with Crippen molar-refractivity contribution < 1.29 is 75.8 Å². The molecule has 0 amide bonds. The van der Waals surface area contributed by atoms with Crippen molar-refractivity contribution in [3.63, 3.8) is 0 Å². The predicted octanol–water partition coefficient (Wildman–Crippen LogP) is 32.9. The van der Waals surface area contributed by atoms with Gasteiger partial charge in [0.25, 0.3) is 0 Å². The van der Waals surface area contributed by atoms with E-state index in [-0.39, 0.29) is 19.3 Å². The maximum Gasteiger partial charge on any atom is 0.472 e. The van der Waals surface area contributed by atoms with Gasteiger partial charge >= 0.3 is 33.6 Å². The molecule has 5 unspecified atom stereocenters. The number of rotatable bonds is 97. The quantitative estimate of drug-likeness (QED) is 0.0146. The summed E-state index contributed by atoms with van der Waals surface area (Å²) in [6, 6.07) is 0. The SMILES string of the molecule is CC/C=C\C/C=C\C/C=C\C/C=C\C/C=C\C/C=C\CCCCCCCCCCCCCCCCCCC(=O)OCC(O)COP(=O)(O)OCC(O)COP(=O)(O)OCC(COC(=O)CCCCCCCCCCCCCCCC/C=C\C/C=C\C/C=C\C/C=C\C/C=C\C/C=C\CC)OC(=O)CCCCCCCCCCC/C=C\C/C=C\C/C=C\C/C=C\CCCCC. The van der Waals surface area contributed by atoms with Crippen LogP contribution in [0.2, 0.25) is 0 Å². The van der Waals surface area contributed by atoms with E-state index < -0.39 is 91.5 Å². The highest BCUT2D eigenvalue weighted by Gasteiger charge is 2.30. The molecule has 0 saturated heterocycles. The first-order chi connectivity index (χ1) is 63.2. The second kappa shape index (κ2) is 101. The first-order valence-corrected chi connectivity index (χ1v) is 54.7. The van der Waals surface area contributed by atoms with Crippen molar-refractivity contribution in [3.8, 4) is 0 Å². The van der Waals surface area contributed by atoms with Crippen molar-refractivity contribution in [3.05, 3.63) is 194 Å². The number of carbonyl (C=O) groups excluding carboxylic acids is 3. The summed E-state index contributed by atoms with van der Waals surface area (Å²) in [5.74, 6) is -1.57. The van der Waals surface area contributed by atoms with E-state index in [0.29, 0.717) is 19.3 Å². The van der Waals surface area contributed by atoms with Crippen LogP contribution >= 0.6 is 15.6 Å². The summed E-state index contributed by atoms with van der Waals surface area (Å²) in [5.41, 5.74) is 0. The number of esters is 3. The highest BCUT2D eigenvalue weighted by Crippen LogP contribution is 2.45. The molecule has 18 heteroatoms. The number of allylic oxidation sites excluding steroid dienone is 32. The topological polar surface area (TPSA) is 231 Å². The Bertz CT molecular complexity index is 3130. The fourth-order valence-electron chi connectivity index (χ4n) is 14.0. The molecule has 0 aromatic carbocycles. The van der Waals surface area contributed by atoms with E-state index in [9.17, 15) is 43.5 Å². The second-order valence-corrected chi connectivity index (χ2v) is 37.1. The van der Waals surface area contributed by atoms with E-state index in [1.54, 1.807) is 0 Å².